The summed E-state index contributed by atoms with van der Waals surface area (Å²) in [5.74, 6) is -3.43. The zero-order valence-corrected chi connectivity index (χ0v) is 13.9. The van der Waals surface area contributed by atoms with Crippen molar-refractivity contribution in [2.75, 3.05) is 17.2 Å². The number of nitrogens with one attached hydrogen (secondary N) is 3. The molecule has 0 aliphatic carbocycles. The summed E-state index contributed by atoms with van der Waals surface area (Å²) < 4.78 is 26.6. The number of halogens is 2. The number of carbonyl (C=O) groups excluding carboxylic acids is 3. The van der Waals surface area contributed by atoms with Gasteiger partial charge in [-0.05, 0) is 42.3 Å². The van der Waals surface area contributed by atoms with Gasteiger partial charge in [0.15, 0.2) is 0 Å². The van der Waals surface area contributed by atoms with Crippen LogP contribution in [-0.4, -0.2) is 24.3 Å². The van der Waals surface area contributed by atoms with Crippen molar-refractivity contribution in [3.63, 3.8) is 0 Å². The van der Waals surface area contributed by atoms with E-state index in [1.807, 2.05) is 0 Å². The molecule has 0 spiro atoms. The summed E-state index contributed by atoms with van der Waals surface area (Å²) in [5, 5.41) is 7.00. The van der Waals surface area contributed by atoms with Gasteiger partial charge in [0.1, 0.15) is 11.6 Å². The Hall–Kier alpha value is -3.29. The number of rotatable bonds is 5. The second kappa shape index (κ2) is 8.70. The van der Waals surface area contributed by atoms with Gasteiger partial charge in [-0.3, -0.25) is 14.4 Å². The highest BCUT2D eigenvalue weighted by molar-refractivity contribution is 6.39. The molecule has 0 aromatic heterocycles. The summed E-state index contributed by atoms with van der Waals surface area (Å²) in [5.41, 5.74) is 0.849. The molecule has 2 aromatic rings. The number of hydrogen-bond acceptors (Lipinski definition) is 3. The van der Waals surface area contributed by atoms with Crippen LogP contribution < -0.4 is 16.0 Å². The third-order valence-corrected chi connectivity index (χ3v) is 3.35. The molecule has 0 fully saturated rings. The van der Waals surface area contributed by atoms with Gasteiger partial charge in [0.05, 0.1) is 5.69 Å². The summed E-state index contributed by atoms with van der Waals surface area (Å²) in [6.45, 7) is 1.45. The van der Waals surface area contributed by atoms with Gasteiger partial charge in [0, 0.05) is 19.2 Å². The normalized spacial score (nSPS) is 10.1. The van der Waals surface area contributed by atoms with Crippen molar-refractivity contribution in [3.05, 3.63) is 59.7 Å². The minimum Gasteiger partial charge on any atom is -0.347 e. The van der Waals surface area contributed by atoms with Crippen molar-refractivity contribution in [3.8, 4) is 0 Å². The monoisotopic (exact) mass is 361 g/mol. The van der Waals surface area contributed by atoms with E-state index in [0.29, 0.717) is 6.42 Å². The van der Waals surface area contributed by atoms with E-state index in [1.54, 1.807) is 12.1 Å². The van der Waals surface area contributed by atoms with Crippen LogP contribution in [0.3, 0.4) is 0 Å². The maximum absolute atomic E-state index is 13.7. The Morgan fingerprint density at radius 3 is 2.27 bits per heavy atom. The number of hydrogen-bond donors (Lipinski definition) is 3. The van der Waals surface area contributed by atoms with Crippen molar-refractivity contribution in [1.29, 1.82) is 0 Å². The molecule has 26 heavy (non-hydrogen) atoms. The first-order valence-electron chi connectivity index (χ1n) is 7.76. The second-order valence-electron chi connectivity index (χ2n) is 5.46. The van der Waals surface area contributed by atoms with E-state index in [4.69, 9.17) is 0 Å². The van der Waals surface area contributed by atoms with Crippen molar-refractivity contribution in [1.82, 2.24) is 5.32 Å². The molecule has 3 amide bonds. The largest absolute Gasteiger partial charge is 0.347 e. The molecule has 0 saturated heterocycles. The van der Waals surface area contributed by atoms with Crippen LogP contribution in [0, 0.1) is 11.6 Å². The van der Waals surface area contributed by atoms with Crippen LogP contribution in [0.4, 0.5) is 20.2 Å². The SMILES string of the molecule is CC(=O)Nc1ccc(F)c(NC(=O)C(=O)NCCc2ccc(F)cc2)c1. The van der Waals surface area contributed by atoms with Gasteiger partial charge >= 0.3 is 11.8 Å². The van der Waals surface area contributed by atoms with Gasteiger partial charge in [0.2, 0.25) is 5.91 Å². The summed E-state index contributed by atoms with van der Waals surface area (Å²) in [7, 11) is 0. The molecule has 0 saturated carbocycles. The molecule has 8 heteroatoms. The maximum Gasteiger partial charge on any atom is 0.313 e. The highest BCUT2D eigenvalue weighted by atomic mass is 19.1. The van der Waals surface area contributed by atoms with Gasteiger partial charge in [-0.1, -0.05) is 12.1 Å². The molecule has 0 bridgehead atoms. The number of amides is 3. The van der Waals surface area contributed by atoms with Crippen molar-refractivity contribution < 1.29 is 23.2 Å². The van der Waals surface area contributed by atoms with E-state index < -0.39 is 17.6 Å². The zero-order chi connectivity index (χ0) is 19.1. The predicted octanol–water partition coefficient (Wildman–Crippen LogP) is 2.22. The molecule has 6 nitrogen and oxygen atoms in total. The minimum absolute atomic E-state index is 0.159. The molecule has 3 N–H and O–H groups in total. The average Bonchev–Trinajstić information content (AvgIpc) is 2.59. The first-order chi connectivity index (χ1) is 12.3. The van der Waals surface area contributed by atoms with Crippen molar-refractivity contribution >= 4 is 29.1 Å². The lowest BCUT2D eigenvalue weighted by Gasteiger charge is -2.09. The molecule has 0 aliphatic rings. The number of anilines is 2. The fourth-order valence-electron chi connectivity index (χ4n) is 2.13. The van der Waals surface area contributed by atoms with Gasteiger partial charge in [-0.15, -0.1) is 0 Å². The third-order valence-electron chi connectivity index (χ3n) is 3.35. The molecule has 2 rings (SSSR count). The van der Waals surface area contributed by atoms with Crippen LogP contribution in [0.15, 0.2) is 42.5 Å². The topological polar surface area (TPSA) is 87.3 Å². The van der Waals surface area contributed by atoms with E-state index in [2.05, 4.69) is 16.0 Å². The van der Waals surface area contributed by atoms with Crippen LogP contribution in [-0.2, 0) is 20.8 Å². The Morgan fingerprint density at radius 2 is 1.62 bits per heavy atom. The highest BCUT2D eigenvalue weighted by Gasteiger charge is 2.15. The highest BCUT2D eigenvalue weighted by Crippen LogP contribution is 2.19. The molecule has 0 atom stereocenters. The average molecular weight is 361 g/mol. The first kappa shape index (κ1) is 19.0. The third kappa shape index (κ3) is 5.66. The van der Waals surface area contributed by atoms with Crippen molar-refractivity contribution in [2.24, 2.45) is 0 Å². The van der Waals surface area contributed by atoms with Crippen LogP contribution in [0.1, 0.15) is 12.5 Å². The van der Waals surface area contributed by atoms with Gasteiger partial charge < -0.3 is 16.0 Å². The second-order valence-corrected chi connectivity index (χ2v) is 5.46. The van der Waals surface area contributed by atoms with Gasteiger partial charge in [0.25, 0.3) is 0 Å². The molecular formula is C18H17F2N3O3. The van der Waals surface area contributed by atoms with Crippen LogP contribution in [0.25, 0.3) is 0 Å². The molecular weight excluding hydrogens is 344 g/mol. The Balaban J connectivity index is 1.89. The fraction of sp³-hybridized carbons (Fsp3) is 0.167. The zero-order valence-electron chi connectivity index (χ0n) is 13.9. The quantitative estimate of drug-likeness (QED) is 0.714. The smallest absolute Gasteiger partial charge is 0.313 e. The fourth-order valence-corrected chi connectivity index (χ4v) is 2.13. The van der Waals surface area contributed by atoms with E-state index in [1.165, 1.54) is 31.2 Å². The lowest BCUT2D eigenvalue weighted by atomic mass is 10.1. The van der Waals surface area contributed by atoms with Crippen molar-refractivity contribution in [2.45, 2.75) is 13.3 Å². The maximum atomic E-state index is 13.7. The Labute approximate surface area is 148 Å². The van der Waals surface area contributed by atoms with E-state index in [0.717, 1.165) is 11.6 Å². The first-order valence-corrected chi connectivity index (χ1v) is 7.76. The predicted molar refractivity (Wildman–Crippen MR) is 92.4 cm³/mol. The molecule has 136 valence electrons. The van der Waals surface area contributed by atoms with E-state index in [-0.39, 0.29) is 29.6 Å². The summed E-state index contributed by atoms with van der Waals surface area (Å²) >= 11 is 0. The lowest BCUT2D eigenvalue weighted by Crippen LogP contribution is -2.36. The Bertz CT molecular complexity index is 823. The molecule has 0 aliphatic heterocycles. The molecule has 0 unspecified atom stereocenters. The lowest BCUT2D eigenvalue weighted by molar-refractivity contribution is -0.136. The van der Waals surface area contributed by atoms with Crippen LogP contribution >= 0.6 is 0 Å². The summed E-state index contributed by atoms with van der Waals surface area (Å²) in [4.78, 5) is 34.7. The molecule has 0 heterocycles. The van der Waals surface area contributed by atoms with E-state index in [9.17, 15) is 23.2 Å². The number of carbonyl (C=O) groups is 3. The number of benzene rings is 2. The Kier molecular flexibility index (Phi) is 6.37. The standard InChI is InChI=1S/C18H17F2N3O3/c1-11(24)22-14-6-7-15(20)16(10-14)23-18(26)17(25)21-9-8-12-2-4-13(19)5-3-12/h2-7,10H,8-9H2,1H3,(H,21,25)(H,22,24)(H,23,26). The van der Waals surface area contributed by atoms with Crippen LogP contribution in [0.5, 0.6) is 0 Å². The molecule has 0 radical (unpaired) electrons. The summed E-state index contributed by atoms with van der Waals surface area (Å²) in [6.07, 6.45) is 0.408. The van der Waals surface area contributed by atoms with Gasteiger partial charge in [-0.2, -0.15) is 0 Å². The van der Waals surface area contributed by atoms with Gasteiger partial charge in [-0.25, -0.2) is 8.78 Å². The summed E-state index contributed by atoms with van der Waals surface area (Å²) in [6, 6.07) is 9.35. The van der Waals surface area contributed by atoms with Crippen LogP contribution in [0.2, 0.25) is 0 Å². The Morgan fingerprint density at radius 1 is 0.923 bits per heavy atom. The minimum atomic E-state index is -1.04. The molecule has 2 aromatic carbocycles. The van der Waals surface area contributed by atoms with E-state index >= 15 is 0 Å².